The Labute approximate surface area is 60.7 Å². The highest BCUT2D eigenvalue weighted by atomic mass is 16.3. The molecule has 0 amide bonds. The van der Waals surface area contributed by atoms with Gasteiger partial charge in [0.15, 0.2) is 0 Å². The fraction of sp³-hybridized carbons (Fsp3) is 1.00. The van der Waals surface area contributed by atoms with Crippen LogP contribution < -0.4 is 10.0 Å². The molecule has 0 aliphatic heterocycles. The number of aliphatic hydroxyl groups is 2. The first kappa shape index (κ1) is 9.84. The molecule has 4 nitrogen and oxygen atoms in total. The highest BCUT2D eigenvalue weighted by molar-refractivity contribution is 4.27. The second-order valence-electron chi connectivity index (χ2n) is 2.15. The Hall–Kier alpha value is -0.160. The van der Waals surface area contributed by atoms with Crippen molar-refractivity contribution in [2.45, 2.75) is 0 Å². The summed E-state index contributed by atoms with van der Waals surface area (Å²) in [5.74, 6) is 0. The molecule has 0 aromatic carbocycles. The van der Waals surface area contributed by atoms with Gasteiger partial charge in [-0.1, -0.05) is 6.61 Å². The van der Waals surface area contributed by atoms with Crippen LogP contribution in [-0.4, -0.2) is 49.7 Å². The number of nitrogens with one attached hydrogen (secondary N) is 1. The zero-order valence-electron chi connectivity index (χ0n) is 6.05. The fourth-order valence-corrected chi connectivity index (χ4v) is 0.836. The maximum absolute atomic E-state index is 10.1. The Kier molecular flexibility index (Phi) is 6.84. The predicted molar refractivity (Wildman–Crippen MR) is 34.6 cm³/mol. The van der Waals surface area contributed by atoms with Crippen LogP contribution in [0.5, 0.6) is 0 Å². The zero-order valence-corrected chi connectivity index (χ0v) is 6.05. The van der Waals surface area contributed by atoms with E-state index in [0.717, 1.165) is 4.90 Å². The molecule has 0 unspecified atom stereocenters. The number of aliphatic hydroxyl groups excluding tert-OH is 2. The van der Waals surface area contributed by atoms with E-state index in [1.807, 2.05) is 0 Å². The monoisotopic (exact) mass is 149 g/mol. The van der Waals surface area contributed by atoms with E-state index in [9.17, 15) is 5.11 Å². The summed E-state index contributed by atoms with van der Waals surface area (Å²) in [6, 6.07) is 0. The van der Waals surface area contributed by atoms with Crippen LogP contribution in [0.15, 0.2) is 0 Å². The third-order valence-corrected chi connectivity index (χ3v) is 1.39. The minimum absolute atomic E-state index is 0.0787. The minimum atomic E-state index is -0.144. The molecule has 0 fully saturated rings. The van der Waals surface area contributed by atoms with Gasteiger partial charge in [0.1, 0.15) is 13.1 Å². The lowest BCUT2D eigenvalue weighted by atomic mass is 10.4. The maximum atomic E-state index is 10.1. The first-order valence-electron chi connectivity index (χ1n) is 3.48. The molecule has 3 N–H and O–H groups in total. The molecular formula is C6H15NO3. The van der Waals surface area contributed by atoms with Gasteiger partial charge in [-0.15, -0.1) is 0 Å². The van der Waals surface area contributed by atoms with Gasteiger partial charge in [-0.3, -0.25) is 0 Å². The molecule has 62 valence electrons. The summed E-state index contributed by atoms with van der Waals surface area (Å²) < 4.78 is 0. The van der Waals surface area contributed by atoms with Crippen molar-refractivity contribution >= 4 is 0 Å². The lowest BCUT2D eigenvalue weighted by Gasteiger charge is -2.18. The zero-order chi connectivity index (χ0) is 7.82. The molecule has 0 aliphatic carbocycles. The Balaban J connectivity index is 3.30. The van der Waals surface area contributed by atoms with Gasteiger partial charge in [0.05, 0.1) is 19.8 Å². The number of rotatable bonds is 6. The van der Waals surface area contributed by atoms with E-state index in [-0.39, 0.29) is 19.8 Å². The summed E-state index contributed by atoms with van der Waals surface area (Å²) in [5.41, 5.74) is 0. The van der Waals surface area contributed by atoms with Crippen molar-refractivity contribution < 1.29 is 20.2 Å². The van der Waals surface area contributed by atoms with E-state index in [2.05, 4.69) is 0 Å². The Bertz CT molecular complexity index is 55.7. The molecule has 0 heterocycles. The second kappa shape index (κ2) is 6.95. The SMILES string of the molecule is [O-]CC[NH+](CCO)CCO. The molecular weight excluding hydrogens is 134 g/mol. The average Bonchev–Trinajstić information content (AvgIpc) is 1.90. The van der Waals surface area contributed by atoms with Crippen LogP contribution in [0.25, 0.3) is 0 Å². The normalized spacial score (nSPS) is 10.8. The number of quaternary nitrogens is 1. The van der Waals surface area contributed by atoms with Crippen molar-refractivity contribution in [3.05, 3.63) is 0 Å². The number of hydrogen-bond acceptors (Lipinski definition) is 3. The first-order valence-corrected chi connectivity index (χ1v) is 3.48. The quantitative estimate of drug-likeness (QED) is 0.363. The average molecular weight is 149 g/mol. The Morgan fingerprint density at radius 1 is 1.00 bits per heavy atom. The maximum Gasteiger partial charge on any atom is 0.101 e. The fourth-order valence-electron chi connectivity index (χ4n) is 0.836. The van der Waals surface area contributed by atoms with Gasteiger partial charge >= 0.3 is 0 Å². The summed E-state index contributed by atoms with van der Waals surface area (Å²) in [4.78, 5) is 0.972. The van der Waals surface area contributed by atoms with E-state index >= 15 is 0 Å². The third kappa shape index (κ3) is 4.69. The van der Waals surface area contributed by atoms with Crippen molar-refractivity contribution in [3.8, 4) is 0 Å². The smallest absolute Gasteiger partial charge is 0.101 e. The van der Waals surface area contributed by atoms with Gasteiger partial charge < -0.3 is 20.2 Å². The molecule has 10 heavy (non-hydrogen) atoms. The molecule has 0 rings (SSSR count). The van der Waals surface area contributed by atoms with E-state index in [0.29, 0.717) is 19.6 Å². The van der Waals surface area contributed by atoms with Crippen LogP contribution in [0.1, 0.15) is 0 Å². The summed E-state index contributed by atoms with van der Waals surface area (Å²) in [5, 5.41) is 27.1. The van der Waals surface area contributed by atoms with Gasteiger partial charge in [0.2, 0.25) is 0 Å². The summed E-state index contributed by atoms with van der Waals surface area (Å²) in [7, 11) is 0. The second-order valence-corrected chi connectivity index (χ2v) is 2.15. The molecule has 0 aliphatic rings. The molecule has 0 radical (unpaired) electrons. The molecule has 0 spiro atoms. The van der Waals surface area contributed by atoms with E-state index in [1.165, 1.54) is 0 Å². The van der Waals surface area contributed by atoms with Crippen molar-refractivity contribution in [2.75, 3.05) is 39.5 Å². The molecule has 0 atom stereocenters. The van der Waals surface area contributed by atoms with Crippen molar-refractivity contribution in [1.29, 1.82) is 0 Å². The summed E-state index contributed by atoms with van der Waals surface area (Å²) in [6.45, 7) is 1.62. The summed E-state index contributed by atoms with van der Waals surface area (Å²) in [6.07, 6.45) is 0. The van der Waals surface area contributed by atoms with Crippen LogP contribution in [0.4, 0.5) is 0 Å². The largest absolute Gasteiger partial charge is 0.850 e. The van der Waals surface area contributed by atoms with Crippen LogP contribution in [-0.2, 0) is 0 Å². The van der Waals surface area contributed by atoms with E-state index in [1.54, 1.807) is 0 Å². The van der Waals surface area contributed by atoms with Crippen LogP contribution in [0, 0.1) is 0 Å². The van der Waals surface area contributed by atoms with E-state index in [4.69, 9.17) is 10.2 Å². The highest BCUT2D eigenvalue weighted by Crippen LogP contribution is 1.51. The number of hydrogen-bond donors (Lipinski definition) is 3. The Morgan fingerprint density at radius 2 is 1.50 bits per heavy atom. The van der Waals surface area contributed by atoms with Crippen molar-refractivity contribution in [3.63, 3.8) is 0 Å². The van der Waals surface area contributed by atoms with Crippen LogP contribution in [0.3, 0.4) is 0 Å². The van der Waals surface area contributed by atoms with Gasteiger partial charge in [-0.25, -0.2) is 0 Å². The molecule has 0 saturated heterocycles. The molecule has 0 saturated carbocycles. The van der Waals surface area contributed by atoms with Crippen molar-refractivity contribution in [2.24, 2.45) is 0 Å². The van der Waals surface area contributed by atoms with Gasteiger partial charge in [-0.05, 0) is 0 Å². The highest BCUT2D eigenvalue weighted by Gasteiger charge is 2.01. The molecule has 4 heteroatoms. The van der Waals surface area contributed by atoms with Crippen LogP contribution in [0.2, 0.25) is 0 Å². The van der Waals surface area contributed by atoms with Gasteiger partial charge in [0.25, 0.3) is 0 Å². The third-order valence-electron chi connectivity index (χ3n) is 1.39. The minimum Gasteiger partial charge on any atom is -0.850 e. The predicted octanol–water partition coefficient (Wildman–Crippen LogP) is -3.78. The van der Waals surface area contributed by atoms with Gasteiger partial charge in [0, 0.05) is 0 Å². The van der Waals surface area contributed by atoms with E-state index < -0.39 is 0 Å². The standard InChI is InChI=1S/C6H14NO3/c8-4-1-7(2-5-9)3-6-10/h8-9H,1-6H2/q-1/p+1. The first-order chi connectivity index (χ1) is 4.85. The Morgan fingerprint density at radius 3 is 1.80 bits per heavy atom. The van der Waals surface area contributed by atoms with Crippen molar-refractivity contribution in [1.82, 2.24) is 0 Å². The molecule has 0 aromatic rings. The molecule has 0 bridgehead atoms. The topological polar surface area (TPSA) is 68.0 Å². The van der Waals surface area contributed by atoms with Gasteiger partial charge in [-0.2, -0.15) is 0 Å². The lowest BCUT2D eigenvalue weighted by molar-refractivity contribution is -0.905. The molecule has 0 aromatic heterocycles. The summed E-state index contributed by atoms with van der Waals surface area (Å²) >= 11 is 0. The van der Waals surface area contributed by atoms with Crippen LogP contribution >= 0.6 is 0 Å². The lowest BCUT2D eigenvalue weighted by Crippen LogP contribution is -3.13.